The van der Waals surface area contributed by atoms with Gasteiger partial charge in [0.1, 0.15) is 5.75 Å². The van der Waals surface area contributed by atoms with Crippen LogP contribution < -0.4 is 9.64 Å². The van der Waals surface area contributed by atoms with Crippen LogP contribution in [-0.2, 0) is 19.3 Å². The lowest BCUT2D eigenvalue weighted by Gasteiger charge is -2.21. The van der Waals surface area contributed by atoms with E-state index < -0.39 is 0 Å². The minimum atomic E-state index is -0.344. The third-order valence-electron chi connectivity index (χ3n) is 19.2. The van der Waals surface area contributed by atoms with Gasteiger partial charge >= 0.3 is 5.97 Å². The first-order valence-corrected chi connectivity index (χ1v) is 33.5. The number of rotatable bonds is 34. The van der Waals surface area contributed by atoms with E-state index in [9.17, 15) is 4.79 Å². The molecule has 2 aromatic carbocycles. The minimum absolute atomic E-state index is 0.344. The molecule has 0 spiro atoms. The molecule has 436 valence electrons. The molecule has 82 heavy (non-hydrogen) atoms. The summed E-state index contributed by atoms with van der Waals surface area (Å²) in [6.45, 7) is 9.11. The second-order valence-corrected chi connectivity index (χ2v) is 25.2. The first-order chi connectivity index (χ1) is 40.5. The molecule has 7 heteroatoms. The molecule has 5 aromatic rings. The maximum absolute atomic E-state index is 13.7. The largest absolute Gasteiger partial charge is 0.423 e. The van der Waals surface area contributed by atoms with Crippen molar-refractivity contribution in [2.75, 3.05) is 18.0 Å². The molecule has 1 saturated heterocycles. The summed E-state index contributed by atoms with van der Waals surface area (Å²) in [6, 6.07) is 25.3. The summed E-state index contributed by atoms with van der Waals surface area (Å²) >= 11 is 0. The molecule has 4 atom stereocenters. The fourth-order valence-corrected chi connectivity index (χ4v) is 14.3. The summed E-state index contributed by atoms with van der Waals surface area (Å²) in [5, 5.41) is 0. The van der Waals surface area contributed by atoms with Crippen molar-refractivity contribution < 1.29 is 9.53 Å². The summed E-state index contributed by atoms with van der Waals surface area (Å²) in [4.78, 5) is 35.4. The number of unbranched alkanes of at least 4 members (excludes halogenated alkanes) is 24. The van der Waals surface area contributed by atoms with Gasteiger partial charge < -0.3 is 19.6 Å². The molecule has 0 radical (unpaired) electrons. The molecule has 2 N–H and O–H groups in total. The van der Waals surface area contributed by atoms with Gasteiger partial charge in [0.05, 0.1) is 28.3 Å². The molecular weight excluding hydrogens is 1000 g/mol. The first kappa shape index (κ1) is 59.2. The van der Waals surface area contributed by atoms with E-state index in [0.29, 0.717) is 11.3 Å². The fourth-order valence-electron chi connectivity index (χ4n) is 14.3. The zero-order valence-electron chi connectivity index (χ0n) is 50.7. The highest BCUT2D eigenvalue weighted by Gasteiger charge is 2.49. The molecule has 0 amide bonds. The number of fused-ring (bicyclic) bond motifs is 13. The van der Waals surface area contributed by atoms with Crippen molar-refractivity contribution >= 4 is 58.0 Å². The number of hydrogen-bond acceptors (Lipinski definition) is 5. The monoisotopic (exact) mass is 1100 g/mol. The number of nitrogens with one attached hydrogen (secondary N) is 2. The Hall–Kier alpha value is -5.95. The second-order valence-electron chi connectivity index (χ2n) is 25.2. The Balaban J connectivity index is 0.961. The van der Waals surface area contributed by atoms with Crippen LogP contribution in [0, 0.1) is 23.7 Å². The molecule has 2 fully saturated rings. The number of benzene rings is 2. The third kappa shape index (κ3) is 15.4. The summed E-state index contributed by atoms with van der Waals surface area (Å²) < 4.78 is 6.09. The number of carbonyl (C=O) groups is 1. The van der Waals surface area contributed by atoms with Crippen molar-refractivity contribution in [1.29, 1.82) is 0 Å². The van der Waals surface area contributed by atoms with Crippen LogP contribution in [0.3, 0.4) is 0 Å². The van der Waals surface area contributed by atoms with E-state index in [1.165, 1.54) is 188 Å². The van der Waals surface area contributed by atoms with Crippen molar-refractivity contribution in [3.05, 3.63) is 130 Å². The van der Waals surface area contributed by atoms with Crippen molar-refractivity contribution in [3.63, 3.8) is 0 Å². The van der Waals surface area contributed by atoms with Crippen LogP contribution in [0.15, 0.2) is 84.9 Å². The third-order valence-corrected chi connectivity index (χ3v) is 19.2. The number of nitrogens with zero attached hydrogens (tertiary/aromatic N) is 3. The number of aryl methyl sites for hydroxylation is 3. The Morgan fingerprint density at radius 3 is 1.27 bits per heavy atom. The number of H-pyrrole nitrogens is 2. The number of ether oxygens (including phenoxy) is 1. The van der Waals surface area contributed by atoms with Crippen molar-refractivity contribution in [3.8, 4) is 16.9 Å². The molecule has 5 aliphatic rings. The van der Waals surface area contributed by atoms with E-state index in [2.05, 4.69) is 121 Å². The van der Waals surface area contributed by atoms with E-state index in [1.807, 2.05) is 24.3 Å². The highest BCUT2D eigenvalue weighted by Crippen LogP contribution is 2.52. The van der Waals surface area contributed by atoms with Crippen molar-refractivity contribution in [1.82, 2.24) is 19.9 Å². The average Bonchev–Trinajstić information content (AvgIpc) is 4.34. The molecule has 0 unspecified atom stereocenters. The topological polar surface area (TPSA) is 86.9 Å². The van der Waals surface area contributed by atoms with Crippen LogP contribution in [0.1, 0.15) is 250 Å². The van der Waals surface area contributed by atoms with Crippen LogP contribution in [-0.4, -0.2) is 39.0 Å². The zero-order valence-corrected chi connectivity index (χ0v) is 50.7. The van der Waals surface area contributed by atoms with Crippen molar-refractivity contribution in [2.24, 2.45) is 23.7 Å². The number of esters is 1. The van der Waals surface area contributed by atoms with Crippen LogP contribution >= 0.6 is 0 Å². The number of allylic oxidation sites excluding steroid dienone is 2. The first-order valence-electron chi connectivity index (χ1n) is 33.5. The lowest BCUT2D eigenvalue weighted by atomic mass is 9.86. The van der Waals surface area contributed by atoms with Gasteiger partial charge in [-0.3, -0.25) is 0 Å². The van der Waals surface area contributed by atoms with Gasteiger partial charge in [0.25, 0.3) is 0 Å². The van der Waals surface area contributed by atoms with E-state index in [0.717, 1.165) is 126 Å². The molecule has 3 aromatic heterocycles. The van der Waals surface area contributed by atoms with Gasteiger partial charge in [0.15, 0.2) is 0 Å². The molecule has 10 bridgehead atoms. The molecular formula is C75H99N5O2. The molecule has 10 rings (SSSR count). The average molecular weight is 1100 g/mol. The van der Waals surface area contributed by atoms with Gasteiger partial charge in [-0.05, 0) is 159 Å². The van der Waals surface area contributed by atoms with E-state index in [-0.39, 0.29) is 5.97 Å². The summed E-state index contributed by atoms with van der Waals surface area (Å²) in [7, 11) is 0. The predicted octanol–water partition coefficient (Wildman–Crippen LogP) is 21.0. The maximum Gasteiger partial charge on any atom is 0.343 e. The predicted molar refractivity (Wildman–Crippen MR) is 348 cm³/mol. The molecule has 7 nitrogen and oxygen atoms in total. The fraction of sp³-hybridized carbons (Fsp3) is 0.533. The normalized spacial score (nSPS) is 17.7. The minimum Gasteiger partial charge on any atom is -0.423 e. The highest BCUT2D eigenvalue weighted by atomic mass is 16.5. The standard InChI is InChI=1S/C75H99N5O2/c1-4-7-10-13-16-19-22-25-28-31-61-66-44-46-68(76-66)62(32-29-26-23-20-17-14-11-8-5-2)70-48-50-72(78-70)74(73-51-49-71(79-73)63(69-47-45-67(61)77-69)33-30-27-24-21-18-15-12-9-6-3)55-38-42-60(43-39-55)82-75(81)56-36-40-59(41-37-56)80-53-64-57-34-35-58(52-57)65(64)54-80/h34-51,57-58,64-65,76,79H,4-33,52-54H2,1-3H3/t57-,58+,64-,65+. The maximum atomic E-state index is 13.7. The number of carbonyl (C=O) groups excluding carboxylic acids is 1. The van der Waals surface area contributed by atoms with Gasteiger partial charge in [-0.25, -0.2) is 14.8 Å². The number of anilines is 1. The van der Waals surface area contributed by atoms with Gasteiger partial charge in [0.2, 0.25) is 0 Å². The van der Waals surface area contributed by atoms with Crippen LogP contribution in [0.2, 0.25) is 0 Å². The Kier molecular flexibility index (Phi) is 22.1. The zero-order chi connectivity index (χ0) is 56.3. The number of hydrogen-bond donors (Lipinski definition) is 2. The Labute approximate surface area is 493 Å². The van der Waals surface area contributed by atoms with Crippen molar-refractivity contribution in [2.45, 2.75) is 220 Å². The summed E-state index contributed by atoms with van der Waals surface area (Å²) in [6.07, 6.45) is 53.3. The smallest absolute Gasteiger partial charge is 0.343 e. The van der Waals surface area contributed by atoms with Crippen LogP contribution in [0.25, 0.3) is 57.5 Å². The van der Waals surface area contributed by atoms with Gasteiger partial charge in [-0.1, -0.05) is 199 Å². The van der Waals surface area contributed by atoms with E-state index in [4.69, 9.17) is 14.7 Å². The molecule has 6 heterocycles. The second kappa shape index (κ2) is 30.6. The van der Waals surface area contributed by atoms with Gasteiger partial charge in [0, 0.05) is 63.1 Å². The Morgan fingerprint density at radius 1 is 0.451 bits per heavy atom. The number of aromatic nitrogens is 4. The van der Waals surface area contributed by atoms with Gasteiger partial charge in [-0.2, -0.15) is 0 Å². The molecule has 2 aliphatic carbocycles. The lowest BCUT2D eigenvalue weighted by molar-refractivity contribution is 0.0734. The van der Waals surface area contributed by atoms with E-state index in [1.54, 1.807) is 0 Å². The molecule has 3 aliphatic heterocycles. The SMILES string of the molecule is CCCCCCCCCCCc1c2nc(c(CCCCCCCCCCC)c3ccc([nH]3)c(-c3ccc(OC(=O)c4ccc(N5C[C@@H]6[C@H](C5)[C@@H]5C=C[C@H]6C5)cc4)cc3)c3nc(c(CCCCCCCCCCC)c4ccc1[nH]4)C=C3)C=C2. The summed E-state index contributed by atoms with van der Waals surface area (Å²) in [5.41, 5.74) is 16.3. The highest BCUT2D eigenvalue weighted by molar-refractivity contribution is 5.93. The van der Waals surface area contributed by atoms with Gasteiger partial charge in [-0.15, -0.1) is 0 Å². The summed E-state index contributed by atoms with van der Waals surface area (Å²) in [5.74, 6) is 3.18. The molecule has 1 saturated carbocycles. The Bertz CT molecular complexity index is 3060. The van der Waals surface area contributed by atoms with E-state index >= 15 is 0 Å². The Morgan fingerprint density at radius 2 is 0.829 bits per heavy atom. The lowest BCUT2D eigenvalue weighted by Crippen LogP contribution is -2.22. The van der Waals surface area contributed by atoms with Crippen LogP contribution in [0.5, 0.6) is 5.75 Å². The van der Waals surface area contributed by atoms with Crippen LogP contribution in [0.4, 0.5) is 5.69 Å². The quantitative estimate of drug-likeness (QED) is 0.0182. The number of aromatic amines is 2.